The number of halogens is 3. The van der Waals surface area contributed by atoms with Gasteiger partial charge in [-0.15, -0.1) is 0 Å². The topological polar surface area (TPSA) is 17.1 Å². The van der Waals surface area contributed by atoms with E-state index in [0.717, 1.165) is 6.07 Å². The van der Waals surface area contributed by atoms with E-state index in [1.165, 1.54) is 6.07 Å². The Balaban J connectivity index is 3.31. The van der Waals surface area contributed by atoms with Crippen molar-refractivity contribution < 1.29 is 9.18 Å². The van der Waals surface area contributed by atoms with Crippen LogP contribution in [0.5, 0.6) is 0 Å². The zero-order valence-electron chi connectivity index (χ0n) is 5.27. The van der Waals surface area contributed by atoms with Crippen molar-refractivity contribution in [3.8, 4) is 0 Å². The van der Waals surface area contributed by atoms with Crippen molar-refractivity contribution in [3.63, 3.8) is 0 Å². The molecule has 0 aliphatic carbocycles. The molecule has 0 fully saturated rings. The normalized spacial score (nSPS) is 9.73. The number of benzene rings is 1. The highest BCUT2D eigenvalue weighted by atomic mass is 79.9. The van der Waals surface area contributed by atoms with Crippen LogP contribution in [0.15, 0.2) is 16.6 Å². The molecule has 0 N–H and O–H groups in total. The van der Waals surface area contributed by atoms with E-state index in [4.69, 9.17) is 11.6 Å². The lowest BCUT2D eigenvalue weighted by Gasteiger charge is -1.97. The SMILES string of the molecule is O=Cc1cc(Cl)c(Br)cc1F. The molecule has 58 valence electrons. The van der Waals surface area contributed by atoms with Gasteiger partial charge in [-0.2, -0.15) is 0 Å². The molecule has 0 heterocycles. The van der Waals surface area contributed by atoms with Crippen LogP contribution >= 0.6 is 27.5 Å². The van der Waals surface area contributed by atoms with Crippen molar-refractivity contribution in [3.05, 3.63) is 33.0 Å². The van der Waals surface area contributed by atoms with Crippen LogP contribution in [0.1, 0.15) is 10.4 Å². The maximum absolute atomic E-state index is 12.7. The molecule has 0 radical (unpaired) electrons. The molecule has 0 atom stereocenters. The maximum Gasteiger partial charge on any atom is 0.153 e. The van der Waals surface area contributed by atoms with Gasteiger partial charge in [-0.05, 0) is 28.1 Å². The van der Waals surface area contributed by atoms with Crippen molar-refractivity contribution in [2.45, 2.75) is 0 Å². The van der Waals surface area contributed by atoms with Crippen LogP contribution in [-0.4, -0.2) is 6.29 Å². The average molecular weight is 237 g/mol. The molecular weight excluding hydrogens is 234 g/mol. The Labute approximate surface area is 76.3 Å². The number of carbonyl (C=O) groups is 1. The Kier molecular flexibility index (Phi) is 2.62. The maximum atomic E-state index is 12.7. The predicted octanol–water partition coefficient (Wildman–Crippen LogP) is 3.05. The Morgan fingerprint density at radius 3 is 2.73 bits per heavy atom. The molecule has 11 heavy (non-hydrogen) atoms. The highest BCUT2D eigenvalue weighted by molar-refractivity contribution is 9.10. The van der Waals surface area contributed by atoms with Crippen LogP contribution < -0.4 is 0 Å². The van der Waals surface area contributed by atoms with Crippen molar-refractivity contribution in [2.75, 3.05) is 0 Å². The van der Waals surface area contributed by atoms with Crippen LogP contribution in [0.2, 0.25) is 5.02 Å². The third kappa shape index (κ3) is 1.79. The van der Waals surface area contributed by atoms with Gasteiger partial charge in [-0.1, -0.05) is 11.6 Å². The molecule has 1 rings (SSSR count). The Morgan fingerprint density at radius 1 is 1.55 bits per heavy atom. The van der Waals surface area contributed by atoms with E-state index in [0.29, 0.717) is 15.8 Å². The first-order valence-corrected chi connectivity index (χ1v) is 3.92. The number of hydrogen-bond donors (Lipinski definition) is 0. The Hall–Kier alpha value is -0.410. The van der Waals surface area contributed by atoms with Crippen LogP contribution in [0.25, 0.3) is 0 Å². The Morgan fingerprint density at radius 2 is 2.18 bits per heavy atom. The van der Waals surface area contributed by atoms with Crippen LogP contribution in [0.3, 0.4) is 0 Å². The average Bonchev–Trinajstić information content (AvgIpc) is 1.97. The molecular formula is C7H3BrClFO. The number of rotatable bonds is 1. The summed E-state index contributed by atoms with van der Waals surface area (Å²) in [5.41, 5.74) is -0.0294. The molecule has 0 saturated heterocycles. The van der Waals surface area contributed by atoms with E-state index in [1.807, 2.05) is 0 Å². The summed E-state index contributed by atoms with van der Waals surface area (Å²) in [6.45, 7) is 0. The van der Waals surface area contributed by atoms with E-state index in [2.05, 4.69) is 15.9 Å². The quantitative estimate of drug-likeness (QED) is 0.542. The van der Waals surface area contributed by atoms with Crippen molar-refractivity contribution in [2.24, 2.45) is 0 Å². The van der Waals surface area contributed by atoms with Crippen LogP contribution in [0.4, 0.5) is 4.39 Å². The molecule has 0 saturated carbocycles. The molecule has 1 aromatic carbocycles. The van der Waals surface area contributed by atoms with Crippen LogP contribution in [0, 0.1) is 5.82 Å². The number of carbonyl (C=O) groups excluding carboxylic acids is 1. The minimum atomic E-state index is -0.573. The lowest BCUT2D eigenvalue weighted by molar-refractivity contribution is 0.112. The first-order valence-electron chi connectivity index (χ1n) is 2.75. The molecule has 0 aliphatic rings. The molecule has 1 aromatic rings. The summed E-state index contributed by atoms with van der Waals surface area (Å²) in [5, 5.41) is 0.327. The molecule has 0 bridgehead atoms. The summed E-state index contributed by atoms with van der Waals surface area (Å²) in [6.07, 6.45) is 0.424. The highest BCUT2D eigenvalue weighted by Crippen LogP contribution is 2.24. The fourth-order valence-electron chi connectivity index (χ4n) is 0.628. The van der Waals surface area contributed by atoms with Gasteiger partial charge in [0, 0.05) is 4.47 Å². The molecule has 0 unspecified atom stereocenters. The molecule has 1 nitrogen and oxygen atoms in total. The minimum absolute atomic E-state index is 0.0294. The van der Waals surface area contributed by atoms with Gasteiger partial charge >= 0.3 is 0 Å². The molecule has 4 heteroatoms. The molecule has 0 spiro atoms. The smallest absolute Gasteiger partial charge is 0.153 e. The van der Waals surface area contributed by atoms with Gasteiger partial charge in [0.15, 0.2) is 6.29 Å². The van der Waals surface area contributed by atoms with Gasteiger partial charge in [0.1, 0.15) is 5.82 Å². The van der Waals surface area contributed by atoms with Crippen molar-refractivity contribution in [1.29, 1.82) is 0 Å². The Bertz CT molecular complexity index is 301. The van der Waals surface area contributed by atoms with E-state index < -0.39 is 5.82 Å². The first kappa shape index (κ1) is 8.68. The fraction of sp³-hybridized carbons (Fsp3) is 0. The predicted molar refractivity (Wildman–Crippen MR) is 44.5 cm³/mol. The third-order valence-corrected chi connectivity index (χ3v) is 2.36. The second-order valence-corrected chi connectivity index (χ2v) is 3.17. The summed E-state index contributed by atoms with van der Waals surface area (Å²) in [5.74, 6) is -0.573. The lowest BCUT2D eigenvalue weighted by Crippen LogP contribution is -1.87. The van der Waals surface area contributed by atoms with Gasteiger partial charge in [0.2, 0.25) is 0 Å². The summed E-state index contributed by atoms with van der Waals surface area (Å²) in [4.78, 5) is 10.2. The van der Waals surface area contributed by atoms with Gasteiger partial charge in [-0.25, -0.2) is 4.39 Å². The zero-order valence-corrected chi connectivity index (χ0v) is 7.62. The summed E-state index contributed by atoms with van der Waals surface area (Å²) in [7, 11) is 0. The highest BCUT2D eigenvalue weighted by Gasteiger charge is 2.04. The van der Waals surface area contributed by atoms with E-state index in [9.17, 15) is 9.18 Å². The minimum Gasteiger partial charge on any atom is -0.298 e. The zero-order chi connectivity index (χ0) is 8.43. The lowest BCUT2D eigenvalue weighted by atomic mass is 10.2. The van der Waals surface area contributed by atoms with Gasteiger partial charge in [-0.3, -0.25) is 4.79 Å². The largest absolute Gasteiger partial charge is 0.298 e. The van der Waals surface area contributed by atoms with Gasteiger partial charge in [0.25, 0.3) is 0 Å². The summed E-state index contributed by atoms with van der Waals surface area (Å²) < 4.78 is 13.2. The monoisotopic (exact) mass is 236 g/mol. The van der Waals surface area contributed by atoms with E-state index in [-0.39, 0.29) is 5.56 Å². The van der Waals surface area contributed by atoms with E-state index in [1.54, 1.807) is 0 Å². The summed E-state index contributed by atoms with van der Waals surface area (Å²) in [6, 6.07) is 2.43. The second-order valence-electron chi connectivity index (χ2n) is 1.91. The van der Waals surface area contributed by atoms with Crippen LogP contribution in [-0.2, 0) is 0 Å². The summed E-state index contributed by atoms with van der Waals surface area (Å²) >= 11 is 8.61. The molecule has 0 aromatic heterocycles. The standard InChI is InChI=1S/C7H3BrClFO/c8-5-2-7(10)4(3-11)1-6(5)9/h1-3H. The molecule has 0 amide bonds. The second kappa shape index (κ2) is 3.32. The van der Waals surface area contributed by atoms with E-state index >= 15 is 0 Å². The van der Waals surface area contributed by atoms with Gasteiger partial charge in [0.05, 0.1) is 10.6 Å². The van der Waals surface area contributed by atoms with Gasteiger partial charge < -0.3 is 0 Å². The first-order chi connectivity index (χ1) is 5.15. The van der Waals surface area contributed by atoms with Crippen molar-refractivity contribution >= 4 is 33.8 Å². The molecule has 0 aliphatic heterocycles. The van der Waals surface area contributed by atoms with Crippen molar-refractivity contribution in [1.82, 2.24) is 0 Å². The third-order valence-electron chi connectivity index (χ3n) is 1.17. The number of hydrogen-bond acceptors (Lipinski definition) is 1. The fourth-order valence-corrected chi connectivity index (χ4v) is 1.12. The number of aldehydes is 1.